The smallest absolute Gasteiger partial charge is 0.281 e. The molecule has 0 saturated heterocycles. The van der Waals surface area contributed by atoms with E-state index in [0.717, 1.165) is 23.1 Å². The lowest BCUT2D eigenvalue weighted by molar-refractivity contribution is -0.128. The number of halogens is 1. The van der Waals surface area contributed by atoms with Crippen molar-refractivity contribution in [3.8, 4) is 5.75 Å². The molecule has 1 atom stereocenters. The van der Waals surface area contributed by atoms with Gasteiger partial charge in [-0.1, -0.05) is 41.1 Å². The lowest BCUT2D eigenvalue weighted by Gasteiger charge is -2.20. The molecule has 0 radical (unpaired) electrons. The summed E-state index contributed by atoms with van der Waals surface area (Å²) in [5, 5.41) is 4.06. The van der Waals surface area contributed by atoms with E-state index in [1.807, 2.05) is 43.3 Å². The molecule has 144 valence electrons. The van der Waals surface area contributed by atoms with Gasteiger partial charge in [-0.05, 0) is 56.2 Å². The lowest BCUT2D eigenvalue weighted by Crippen LogP contribution is -2.35. The predicted octanol–water partition coefficient (Wildman–Crippen LogP) is 4.60. The first-order valence-corrected chi connectivity index (χ1v) is 9.96. The minimum absolute atomic E-state index is 0.270. The van der Waals surface area contributed by atoms with E-state index in [4.69, 9.17) is 4.74 Å². The molecule has 0 aliphatic rings. The summed E-state index contributed by atoms with van der Waals surface area (Å²) in [4.78, 5) is 14.6. The highest BCUT2D eigenvalue weighted by Gasteiger charge is 2.17. The molecule has 2 aromatic rings. The van der Waals surface area contributed by atoms with E-state index < -0.39 is 6.10 Å². The molecule has 0 fully saturated rings. The summed E-state index contributed by atoms with van der Waals surface area (Å²) in [6, 6.07) is 15.5. The van der Waals surface area contributed by atoms with Gasteiger partial charge in [0.15, 0.2) is 6.10 Å². The van der Waals surface area contributed by atoms with Crippen LogP contribution in [-0.2, 0) is 4.79 Å². The predicted molar refractivity (Wildman–Crippen MR) is 115 cm³/mol. The maximum absolute atomic E-state index is 12.3. The van der Waals surface area contributed by atoms with Crippen LogP contribution in [0.15, 0.2) is 58.1 Å². The van der Waals surface area contributed by atoms with Crippen molar-refractivity contribution in [3.05, 3.63) is 58.6 Å². The Morgan fingerprint density at radius 2 is 1.89 bits per heavy atom. The summed E-state index contributed by atoms with van der Waals surface area (Å²) in [6.07, 6.45) is 1.59. The second-order valence-electron chi connectivity index (χ2n) is 5.97. The molecule has 1 N–H and O–H groups in total. The zero-order valence-corrected chi connectivity index (χ0v) is 17.6. The van der Waals surface area contributed by atoms with Crippen LogP contribution in [0.1, 0.15) is 32.8 Å². The molecule has 5 nitrogen and oxygen atoms in total. The molecule has 0 aromatic heterocycles. The average molecular weight is 432 g/mol. The Labute approximate surface area is 169 Å². The molecular formula is C21H26BrN3O2. The molecule has 27 heavy (non-hydrogen) atoms. The Kier molecular flexibility index (Phi) is 8.33. The van der Waals surface area contributed by atoms with Crippen LogP contribution in [0.5, 0.6) is 5.75 Å². The number of anilines is 1. The number of carbonyl (C=O) groups excluding carboxylic acids is 1. The van der Waals surface area contributed by atoms with Crippen molar-refractivity contribution in [2.45, 2.75) is 33.3 Å². The number of amides is 1. The van der Waals surface area contributed by atoms with Crippen LogP contribution in [0.2, 0.25) is 0 Å². The monoisotopic (exact) mass is 431 g/mol. The topological polar surface area (TPSA) is 53.9 Å². The van der Waals surface area contributed by atoms with Crippen molar-refractivity contribution < 1.29 is 9.53 Å². The summed E-state index contributed by atoms with van der Waals surface area (Å²) in [5.74, 6) is 0.371. The van der Waals surface area contributed by atoms with Crippen LogP contribution in [0, 0.1) is 0 Å². The molecule has 1 unspecified atom stereocenters. The van der Waals surface area contributed by atoms with E-state index >= 15 is 0 Å². The Morgan fingerprint density at radius 1 is 1.19 bits per heavy atom. The van der Waals surface area contributed by atoms with Gasteiger partial charge >= 0.3 is 0 Å². The van der Waals surface area contributed by atoms with Crippen LogP contribution in [-0.4, -0.2) is 31.3 Å². The van der Waals surface area contributed by atoms with Crippen molar-refractivity contribution in [2.24, 2.45) is 5.10 Å². The third kappa shape index (κ3) is 6.40. The van der Waals surface area contributed by atoms with Crippen LogP contribution >= 0.6 is 15.9 Å². The van der Waals surface area contributed by atoms with Gasteiger partial charge in [-0.3, -0.25) is 4.79 Å². The molecule has 0 spiro atoms. The van der Waals surface area contributed by atoms with E-state index in [9.17, 15) is 4.79 Å². The molecule has 0 heterocycles. The molecule has 0 aliphatic heterocycles. The van der Waals surface area contributed by atoms with Crippen LogP contribution < -0.4 is 15.1 Å². The molecular weight excluding hydrogens is 406 g/mol. The maximum Gasteiger partial charge on any atom is 0.281 e. The zero-order valence-electron chi connectivity index (χ0n) is 16.0. The standard InChI is InChI=1S/C21H26BrN3O2/c1-4-20(27-19-9-7-8-17(22)14-19)21(26)24-23-15-16-10-12-18(13-11-16)25(5-2)6-3/h7-15,20H,4-6H2,1-3H3,(H,24,26). The molecule has 6 heteroatoms. The lowest BCUT2D eigenvalue weighted by atomic mass is 10.2. The SMILES string of the molecule is CCC(Oc1cccc(Br)c1)C(=O)NN=Cc1ccc(N(CC)CC)cc1. The molecule has 2 rings (SSSR count). The molecule has 0 aliphatic carbocycles. The van der Waals surface area contributed by atoms with Gasteiger partial charge in [-0.15, -0.1) is 0 Å². The largest absolute Gasteiger partial charge is 0.481 e. The maximum atomic E-state index is 12.3. The first-order chi connectivity index (χ1) is 13.1. The number of nitrogens with zero attached hydrogens (tertiary/aromatic N) is 2. The average Bonchev–Trinajstić information content (AvgIpc) is 2.68. The number of ether oxygens (including phenoxy) is 1. The normalized spacial score (nSPS) is 12.0. The second-order valence-corrected chi connectivity index (χ2v) is 6.89. The minimum Gasteiger partial charge on any atom is -0.481 e. The number of nitrogens with one attached hydrogen (secondary N) is 1. The van der Waals surface area contributed by atoms with Gasteiger partial charge in [0, 0.05) is 23.2 Å². The molecule has 0 saturated carbocycles. The minimum atomic E-state index is -0.596. The fraction of sp³-hybridized carbons (Fsp3) is 0.333. The van der Waals surface area contributed by atoms with Crippen molar-refractivity contribution in [2.75, 3.05) is 18.0 Å². The van der Waals surface area contributed by atoms with Gasteiger partial charge < -0.3 is 9.64 Å². The number of benzene rings is 2. The van der Waals surface area contributed by atoms with Crippen LogP contribution in [0.25, 0.3) is 0 Å². The zero-order chi connectivity index (χ0) is 19.6. The Hall–Kier alpha value is -2.34. The highest BCUT2D eigenvalue weighted by molar-refractivity contribution is 9.10. The number of hydrogen-bond donors (Lipinski definition) is 1. The van der Waals surface area contributed by atoms with Gasteiger partial charge in [-0.2, -0.15) is 5.10 Å². The highest BCUT2D eigenvalue weighted by atomic mass is 79.9. The van der Waals surface area contributed by atoms with Gasteiger partial charge in [-0.25, -0.2) is 5.43 Å². The second kappa shape index (κ2) is 10.7. The van der Waals surface area contributed by atoms with E-state index in [0.29, 0.717) is 12.2 Å². The van der Waals surface area contributed by atoms with Gasteiger partial charge in [0.2, 0.25) is 0 Å². The number of rotatable bonds is 9. The van der Waals surface area contributed by atoms with Crippen LogP contribution in [0.3, 0.4) is 0 Å². The highest BCUT2D eigenvalue weighted by Crippen LogP contribution is 2.19. The van der Waals surface area contributed by atoms with Crippen molar-refractivity contribution in [1.29, 1.82) is 0 Å². The van der Waals surface area contributed by atoms with Crippen molar-refractivity contribution >= 4 is 33.7 Å². The number of carbonyl (C=O) groups is 1. The Balaban J connectivity index is 1.92. The molecule has 2 aromatic carbocycles. The summed E-state index contributed by atoms with van der Waals surface area (Å²) in [6.45, 7) is 8.11. The van der Waals surface area contributed by atoms with E-state index in [2.05, 4.69) is 57.3 Å². The first-order valence-electron chi connectivity index (χ1n) is 9.17. The fourth-order valence-electron chi connectivity index (χ4n) is 2.63. The van der Waals surface area contributed by atoms with Crippen molar-refractivity contribution in [3.63, 3.8) is 0 Å². The summed E-state index contributed by atoms with van der Waals surface area (Å²) in [5.41, 5.74) is 4.66. The van der Waals surface area contributed by atoms with Gasteiger partial charge in [0.1, 0.15) is 5.75 Å². The third-order valence-electron chi connectivity index (χ3n) is 4.15. The Bertz CT molecular complexity index is 758. The van der Waals surface area contributed by atoms with E-state index in [-0.39, 0.29) is 5.91 Å². The van der Waals surface area contributed by atoms with Crippen LogP contribution in [0.4, 0.5) is 5.69 Å². The first kappa shape index (κ1) is 21.0. The summed E-state index contributed by atoms with van der Waals surface area (Å²) < 4.78 is 6.66. The Morgan fingerprint density at radius 3 is 2.48 bits per heavy atom. The van der Waals surface area contributed by atoms with E-state index in [1.54, 1.807) is 6.21 Å². The van der Waals surface area contributed by atoms with Gasteiger partial charge in [0.25, 0.3) is 5.91 Å². The van der Waals surface area contributed by atoms with Crippen molar-refractivity contribution in [1.82, 2.24) is 5.43 Å². The molecule has 1 amide bonds. The summed E-state index contributed by atoms with van der Waals surface area (Å²) >= 11 is 3.39. The number of hydrogen-bond acceptors (Lipinski definition) is 4. The number of hydrazone groups is 1. The third-order valence-corrected chi connectivity index (χ3v) is 4.64. The van der Waals surface area contributed by atoms with E-state index in [1.165, 1.54) is 5.69 Å². The summed E-state index contributed by atoms with van der Waals surface area (Å²) in [7, 11) is 0. The van der Waals surface area contributed by atoms with Gasteiger partial charge in [0.05, 0.1) is 6.21 Å². The quantitative estimate of drug-likeness (QED) is 0.466. The fourth-order valence-corrected chi connectivity index (χ4v) is 3.01. The molecule has 0 bridgehead atoms.